The first-order chi connectivity index (χ1) is 8.80. The van der Waals surface area contributed by atoms with Gasteiger partial charge in [0.25, 0.3) is 0 Å². The summed E-state index contributed by atoms with van der Waals surface area (Å²) in [6, 6.07) is 3.62. The second-order valence-corrected chi connectivity index (χ2v) is 5.81. The van der Waals surface area contributed by atoms with E-state index >= 15 is 0 Å². The van der Waals surface area contributed by atoms with E-state index < -0.39 is 18.3 Å². The Balaban J connectivity index is 2.02. The lowest BCUT2D eigenvalue weighted by atomic mass is 9.80. The van der Waals surface area contributed by atoms with Gasteiger partial charge in [-0.05, 0) is 39.2 Å². The van der Waals surface area contributed by atoms with Crippen LogP contribution in [0.25, 0.3) is 5.65 Å². The summed E-state index contributed by atoms with van der Waals surface area (Å²) in [5.74, 6) is 0. The summed E-state index contributed by atoms with van der Waals surface area (Å²) in [5.41, 5.74) is 0.315. The third-order valence-electron chi connectivity index (χ3n) is 3.96. The van der Waals surface area contributed by atoms with E-state index in [1.165, 1.54) is 4.40 Å². The zero-order valence-electron chi connectivity index (χ0n) is 11.4. The summed E-state index contributed by atoms with van der Waals surface area (Å²) in [5, 5.41) is 6.29. The van der Waals surface area contributed by atoms with Gasteiger partial charge in [0.1, 0.15) is 0 Å². The maximum atomic E-state index is 11.6. The van der Waals surface area contributed by atoms with Crippen molar-refractivity contribution in [3.05, 3.63) is 28.8 Å². The van der Waals surface area contributed by atoms with Gasteiger partial charge in [0.05, 0.1) is 11.2 Å². The zero-order chi connectivity index (χ0) is 13.8. The summed E-state index contributed by atoms with van der Waals surface area (Å²) in [7, 11) is -0.476. The first kappa shape index (κ1) is 12.4. The largest absolute Gasteiger partial charge is 0.496 e. The molecular formula is C12H16BN3O3. The molecule has 0 bridgehead atoms. The molecular weight excluding hydrogens is 245 g/mol. The standard InChI is InChI=1S/C12H16BN3O3/c1-11(2)12(3,4)19-13(18-11)8-5-6-9-14-15-10(17)16(9)7-8/h5-7H,1-4H3,(H,15,17). The van der Waals surface area contributed by atoms with Gasteiger partial charge in [-0.2, -0.15) is 5.10 Å². The van der Waals surface area contributed by atoms with Crippen LogP contribution in [0.4, 0.5) is 0 Å². The molecule has 19 heavy (non-hydrogen) atoms. The van der Waals surface area contributed by atoms with Crippen LogP contribution in [0.1, 0.15) is 27.7 Å². The lowest BCUT2D eigenvalue weighted by Gasteiger charge is -2.32. The molecule has 1 aliphatic heterocycles. The molecule has 0 aliphatic carbocycles. The SMILES string of the molecule is CC1(C)OB(c2ccc3n[nH]c(=O)n3c2)OC1(C)C. The van der Waals surface area contributed by atoms with E-state index in [2.05, 4.69) is 10.2 Å². The van der Waals surface area contributed by atoms with E-state index in [4.69, 9.17) is 9.31 Å². The highest BCUT2D eigenvalue weighted by atomic mass is 16.7. The molecule has 1 N–H and O–H groups in total. The maximum absolute atomic E-state index is 11.6. The molecule has 0 saturated carbocycles. The quantitative estimate of drug-likeness (QED) is 0.751. The van der Waals surface area contributed by atoms with E-state index in [1.807, 2.05) is 33.8 Å². The summed E-state index contributed by atoms with van der Waals surface area (Å²) in [6.45, 7) is 7.98. The Morgan fingerprint density at radius 2 is 1.84 bits per heavy atom. The molecule has 0 atom stereocenters. The average Bonchev–Trinajstić information content (AvgIpc) is 2.78. The lowest BCUT2D eigenvalue weighted by Crippen LogP contribution is -2.41. The molecule has 0 radical (unpaired) electrons. The van der Waals surface area contributed by atoms with Gasteiger partial charge in [0.15, 0.2) is 5.65 Å². The Hall–Kier alpha value is -1.60. The zero-order valence-corrected chi connectivity index (χ0v) is 11.4. The van der Waals surface area contributed by atoms with Crippen molar-refractivity contribution in [2.75, 3.05) is 0 Å². The Morgan fingerprint density at radius 1 is 1.21 bits per heavy atom. The number of fused-ring (bicyclic) bond motifs is 1. The molecule has 0 aromatic carbocycles. The normalized spacial score (nSPS) is 21.2. The van der Waals surface area contributed by atoms with Crippen LogP contribution in [-0.4, -0.2) is 32.9 Å². The minimum Gasteiger partial charge on any atom is -0.399 e. The predicted octanol–water partition coefficient (Wildman–Crippen LogP) is 0.322. The van der Waals surface area contributed by atoms with Gasteiger partial charge in [-0.25, -0.2) is 9.89 Å². The van der Waals surface area contributed by atoms with Crippen molar-refractivity contribution >= 4 is 18.2 Å². The second-order valence-electron chi connectivity index (χ2n) is 5.81. The van der Waals surface area contributed by atoms with Crippen molar-refractivity contribution in [2.24, 2.45) is 0 Å². The molecule has 1 saturated heterocycles. The third-order valence-corrected chi connectivity index (χ3v) is 3.96. The van der Waals surface area contributed by atoms with Gasteiger partial charge in [0.2, 0.25) is 0 Å². The van der Waals surface area contributed by atoms with Crippen molar-refractivity contribution in [3.8, 4) is 0 Å². The van der Waals surface area contributed by atoms with Crippen molar-refractivity contribution in [1.82, 2.24) is 14.6 Å². The first-order valence-electron chi connectivity index (χ1n) is 6.22. The van der Waals surface area contributed by atoms with Gasteiger partial charge in [0, 0.05) is 6.20 Å². The van der Waals surface area contributed by atoms with E-state index in [9.17, 15) is 4.79 Å². The van der Waals surface area contributed by atoms with Crippen LogP contribution >= 0.6 is 0 Å². The maximum Gasteiger partial charge on any atom is 0.496 e. The van der Waals surface area contributed by atoms with Gasteiger partial charge in [-0.15, -0.1) is 0 Å². The monoisotopic (exact) mass is 261 g/mol. The van der Waals surface area contributed by atoms with Crippen molar-refractivity contribution < 1.29 is 9.31 Å². The van der Waals surface area contributed by atoms with E-state index in [1.54, 1.807) is 12.3 Å². The molecule has 1 aliphatic rings. The van der Waals surface area contributed by atoms with Crippen molar-refractivity contribution in [2.45, 2.75) is 38.9 Å². The topological polar surface area (TPSA) is 68.6 Å². The molecule has 0 unspecified atom stereocenters. The summed E-state index contributed by atoms with van der Waals surface area (Å²) in [4.78, 5) is 11.6. The highest BCUT2D eigenvalue weighted by molar-refractivity contribution is 6.62. The number of aromatic nitrogens is 3. The number of rotatable bonds is 1. The van der Waals surface area contributed by atoms with Crippen LogP contribution < -0.4 is 11.2 Å². The van der Waals surface area contributed by atoms with Crippen molar-refractivity contribution in [3.63, 3.8) is 0 Å². The second kappa shape index (κ2) is 3.71. The molecule has 1 fully saturated rings. The first-order valence-corrected chi connectivity index (χ1v) is 6.22. The Kier molecular flexibility index (Phi) is 2.43. The van der Waals surface area contributed by atoms with Gasteiger partial charge in [-0.1, -0.05) is 6.07 Å². The lowest BCUT2D eigenvalue weighted by molar-refractivity contribution is 0.00578. The minimum absolute atomic E-state index is 0.270. The van der Waals surface area contributed by atoms with Crippen molar-refractivity contribution in [1.29, 1.82) is 0 Å². The molecule has 6 nitrogen and oxygen atoms in total. The molecule has 2 aromatic heterocycles. The average molecular weight is 261 g/mol. The van der Waals surface area contributed by atoms with E-state index in [0.29, 0.717) is 5.65 Å². The van der Waals surface area contributed by atoms with Crippen LogP contribution in [0.3, 0.4) is 0 Å². The molecule has 3 heterocycles. The minimum atomic E-state index is -0.476. The van der Waals surface area contributed by atoms with Gasteiger partial charge in [-0.3, -0.25) is 4.40 Å². The van der Waals surface area contributed by atoms with Crippen LogP contribution in [0, 0.1) is 0 Å². The fraction of sp³-hybridized carbons (Fsp3) is 0.500. The summed E-state index contributed by atoms with van der Waals surface area (Å²) in [6.07, 6.45) is 1.70. The molecule has 7 heteroatoms. The molecule has 0 spiro atoms. The number of aromatic amines is 1. The van der Waals surface area contributed by atoms with E-state index in [0.717, 1.165) is 5.46 Å². The molecule has 3 rings (SSSR count). The molecule has 2 aromatic rings. The Bertz CT molecular complexity index is 673. The third kappa shape index (κ3) is 1.81. The highest BCUT2D eigenvalue weighted by Gasteiger charge is 2.51. The number of nitrogens with one attached hydrogen (secondary N) is 1. The van der Waals surface area contributed by atoms with Gasteiger partial charge < -0.3 is 9.31 Å². The van der Waals surface area contributed by atoms with Crippen LogP contribution in [0.2, 0.25) is 0 Å². The highest BCUT2D eigenvalue weighted by Crippen LogP contribution is 2.36. The number of nitrogens with zero attached hydrogens (tertiary/aromatic N) is 2. The fourth-order valence-electron chi connectivity index (χ4n) is 2.04. The summed E-state index contributed by atoms with van der Waals surface area (Å²) < 4.78 is 13.3. The van der Waals surface area contributed by atoms with Crippen LogP contribution in [-0.2, 0) is 9.31 Å². The van der Waals surface area contributed by atoms with E-state index in [-0.39, 0.29) is 5.69 Å². The Morgan fingerprint density at radius 3 is 2.47 bits per heavy atom. The van der Waals surface area contributed by atoms with Crippen LogP contribution in [0.15, 0.2) is 23.1 Å². The predicted molar refractivity (Wildman–Crippen MR) is 71.5 cm³/mol. The molecule has 100 valence electrons. The number of pyridine rings is 1. The number of H-pyrrole nitrogens is 1. The number of hydrogen-bond donors (Lipinski definition) is 1. The van der Waals surface area contributed by atoms with Crippen LogP contribution in [0.5, 0.6) is 0 Å². The smallest absolute Gasteiger partial charge is 0.399 e. The molecule has 0 amide bonds. The van der Waals surface area contributed by atoms with Gasteiger partial charge >= 0.3 is 12.8 Å². The summed E-state index contributed by atoms with van der Waals surface area (Å²) >= 11 is 0. The fourth-order valence-corrected chi connectivity index (χ4v) is 2.04. The number of hydrogen-bond acceptors (Lipinski definition) is 4. The Labute approximate surface area is 110 Å².